The highest BCUT2D eigenvalue weighted by Gasteiger charge is 2.25. The number of aromatic nitrogens is 11. The van der Waals surface area contributed by atoms with E-state index in [1.807, 2.05) is 0 Å². The third-order valence-electron chi connectivity index (χ3n) is 16.6. The maximum absolute atomic E-state index is 13.5. The highest BCUT2D eigenvalue weighted by molar-refractivity contribution is 6.06. The van der Waals surface area contributed by atoms with Gasteiger partial charge in [0.1, 0.15) is 22.7 Å². The van der Waals surface area contributed by atoms with Gasteiger partial charge in [0.15, 0.2) is 23.3 Å². The van der Waals surface area contributed by atoms with Crippen LogP contribution in [-0.2, 0) is 96.9 Å². The Morgan fingerprint density at radius 2 is 0.836 bits per heavy atom. The highest BCUT2D eigenvalue weighted by atomic mass is 16.6. The van der Waals surface area contributed by atoms with E-state index in [0.29, 0.717) is 84.5 Å². The lowest BCUT2D eigenvalue weighted by molar-refractivity contribution is -0.132. The molecular formula is C72H102N26O18. The first-order valence-electron chi connectivity index (χ1n) is 37.1. The van der Waals surface area contributed by atoms with Crippen molar-refractivity contribution < 1.29 is 86.0 Å². The van der Waals surface area contributed by atoms with Gasteiger partial charge in [-0.15, -0.1) is 0 Å². The smallest absolute Gasteiger partial charge is 0.407 e. The molecule has 0 unspecified atom stereocenters. The van der Waals surface area contributed by atoms with Gasteiger partial charge in [-0.1, -0.05) is 5.11 Å². The van der Waals surface area contributed by atoms with E-state index in [2.05, 4.69) is 88.4 Å². The minimum Gasteiger partial charge on any atom is -0.444 e. The van der Waals surface area contributed by atoms with Gasteiger partial charge in [-0.25, -0.2) is 24.7 Å². The average Bonchev–Trinajstić information content (AvgIpc) is 1.70. The van der Waals surface area contributed by atoms with E-state index in [9.17, 15) is 57.5 Å². The molecule has 0 aromatic carbocycles. The molecule has 0 fully saturated rings. The van der Waals surface area contributed by atoms with Crippen LogP contribution < -0.4 is 58.5 Å². The van der Waals surface area contributed by atoms with Crippen molar-refractivity contribution in [3.8, 4) is 0 Å². The minimum absolute atomic E-state index is 0.0295. The highest BCUT2D eigenvalue weighted by Crippen LogP contribution is 2.20. The number of alkyl carbamates (subject to hydrolysis) is 1. The van der Waals surface area contributed by atoms with Crippen molar-refractivity contribution in [2.75, 3.05) is 150 Å². The van der Waals surface area contributed by atoms with E-state index in [-0.39, 0.29) is 160 Å². The fourth-order valence-corrected chi connectivity index (χ4v) is 11.0. The van der Waals surface area contributed by atoms with Gasteiger partial charge in [0, 0.05) is 182 Å². The van der Waals surface area contributed by atoms with Gasteiger partial charge >= 0.3 is 6.09 Å². The van der Waals surface area contributed by atoms with Crippen molar-refractivity contribution in [1.82, 2.24) is 83.4 Å². The van der Waals surface area contributed by atoms with Crippen LogP contribution in [0.5, 0.6) is 0 Å². The number of anilines is 6. The molecule has 44 nitrogen and oxygen atoms in total. The summed E-state index contributed by atoms with van der Waals surface area (Å²) < 4.78 is 43.1. The Kier molecular flexibility index (Phi) is 35.7. The van der Waals surface area contributed by atoms with Gasteiger partial charge in [-0.2, -0.15) is 0 Å². The summed E-state index contributed by atoms with van der Waals surface area (Å²) in [6, 6.07) is 4.37. The first kappa shape index (κ1) is 90.4. The van der Waals surface area contributed by atoms with Crippen LogP contribution in [0.25, 0.3) is 10.4 Å². The zero-order valence-electron chi connectivity index (χ0n) is 66.6. The molecule has 0 radical (unpaired) electrons. The van der Waals surface area contributed by atoms with Crippen LogP contribution in [0.3, 0.4) is 0 Å². The number of nitrogens with one attached hydrogen (secondary N) is 11. The van der Waals surface area contributed by atoms with Crippen LogP contribution in [0.15, 0.2) is 72.9 Å². The molecule has 0 bridgehead atoms. The van der Waals surface area contributed by atoms with Gasteiger partial charge in [0.2, 0.25) is 41.1 Å². The zero-order chi connectivity index (χ0) is 84.3. The Labute approximate surface area is 667 Å². The van der Waals surface area contributed by atoms with Gasteiger partial charge < -0.3 is 124 Å². The number of carbonyl (C=O) groups is 12. The first-order valence-corrected chi connectivity index (χ1v) is 37.1. The van der Waals surface area contributed by atoms with Crippen LogP contribution in [0.2, 0.25) is 0 Å². The molecule has 7 heterocycles. The van der Waals surface area contributed by atoms with Crippen molar-refractivity contribution in [3.63, 3.8) is 0 Å². The van der Waals surface area contributed by atoms with Crippen molar-refractivity contribution >= 4 is 106 Å². The molecule has 0 saturated carbocycles. The summed E-state index contributed by atoms with van der Waals surface area (Å²) in [4.78, 5) is 177. The van der Waals surface area contributed by atoms with Crippen molar-refractivity contribution in [2.24, 2.45) is 54.4 Å². The number of amides is 12. The summed E-state index contributed by atoms with van der Waals surface area (Å²) in [7, 11) is 11.2. The lowest BCUT2D eigenvalue weighted by Crippen LogP contribution is -2.37. The lowest BCUT2D eigenvalue weighted by Gasteiger charge is -2.23. The number of carbonyl (C=O) groups excluding carboxylic acids is 12. The van der Waals surface area contributed by atoms with Crippen LogP contribution in [0.4, 0.5) is 39.3 Å². The van der Waals surface area contributed by atoms with E-state index in [1.54, 1.807) is 92.0 Å². The molecule has 628 valence electrons. The Morgan fingerprint density at radius 1 is 0.414 bits per heavy atom. The summed E-state index contributed by atoms with van der Waals surface area (Å²) in [5.41, 5.74) is 9.57. The zero-order valence-corrected chi connectivity index (χ0v) is 66.6. The van der Waals surface area contributed by atoms with E-state index >= 15 is 0 Å². The average molecular weight is 1620 g/mol. The Balaban J connectivity index is 0.730. The molecule has 0 atom stereocenters. The van der Waals surface area contributed by atoms with Crippen LogP contribution in [0.1, 0.15) is 140 Å². The second kappa shape index (κ2) is 45.8. The number of hydrogen-bond acceptors (Lipinski definition) is 23. The SMILES string of the molecule is Cn1cc(NC(=O)c2nc(NC(=O)CCNC(=O)c3cc(NC(=O)c4nccn4C)cn3C)cn2C)cc1C(=O)NCCCC(=O)Nc1cn(C)c(C(=O)NCCC(=O)Nc2cc(C(=O)Nc3cn(C)c(C(=O)NCCC(=O)N(CCCCN=[N+]=[N-])CCOCCOCCOCCOCCOCCNC(=O)OC(C)(C)C)n3)n(C)c2)n1. The summed E-state index contributed by atoms with van der Waals surface area (Å²) in [5.74, 6) is -5.38. The monoisotopic (exact) mass is 1620 g/mol. The molecule has 12 amide bonds. The fourth-order valence-electron chi connectivity index (χ4n) is 11.0. The largest absolute Gasteiger partial charge is 0.444 e. The van der Waals surface area contributed by atoms with E-state index in [4.69, 9.17) is 34.0 Å². The lowest BCUT2D eigenvalue weighted by atomic mass is 10.2. The number of hydrogen-bond donors (Lipinski definition) is 11. The quantitative estimate of drug-likeness (QED) is 0.0113. The second-order valence-electron chi connectivity index (χ2n) is 27.1. The van der Waals surface area contributed by atoms with E-state index < -0.39 is 70.8 Å². The molecule has 0 aliphatic carbocycles. The maximum atomic E-state index is 13.5. The van der Waals surface area contributed by atoms with E-state index in [0.717, 1.165) is 0 Å². The number of imidazole rings is 4. The number of rotatable bonds is 49. The van der Waals surface area contributed by atoms with Crippen molar-refractivity contribution in [3.05, 3.63) is 119 Å². The standard InChI is InChI=1S/C72H102N26O18/c1-72(2,3)116-71(110)79-24-28-111-30-32-113-34-36-115-37-35-114-33-31-112-29-27-98(25-12-11-19-80-90-73)59(102)17-22-78-68(107)62-88-55(46-96(62)9)89-66(105)52-38-47(41-94(52)7)81-57(100)15-21-77-67(106)61-86-53(44-95(61)8)84-56(99)14-13-18-75-64(103)50-40-49(43-92(50)5)83-70(109)63-87-54(45-97(63)10)85-58(101)16-20-76-65(104)51-39-48(42-93(51)6)82-69(108)60-74-23-26-91(60)4/h23,26,38-46H,11-22,24-25,27-37H2,1-10H3,(H,75,103)(H,76,104)(H,77,106)(H,78,107)(H,79,110)(H,81,100)(H,82,108)(H,83,109)(H,84,99)(H,85,101)(H,89,105). The predicted molar refractivity (Wildman–Crippen MR) is 419 cm³/mol. The third kappa shape index (κ3) is 30.3. The van der Waals surface area contributed by atoms with Crippen LogP contribution in [-0.4, -0.2) is 252 Å². The molecule has 0 aliphatic rings. The number of azide groups is 1. The number of ether oxygens (including phenoxy) is 6. The molecule has 44 heteroatoms. The molecule has 7 aromatic rings. The number of aryl methyl sites for hydroxylation is 7. The Hall–Kier alpha value is -12.8. The van der Waals surface area contributed by atoms with Gasteiger partial charge in [0.25, 0.3) is 41.4 Å². The molecule has 7 rings (SSSR count). The maximum Gasteiger partial charge on any atom is 0.407 e. The van der Waals surface area contributed by atoms with Crippen molar-refractivity contribution in [1.29, 1.82) is 0 Å². The summed E-state index contributed by atoms with van der Waals surface area (Å²) in [6.07, 6.45) is 12.5. The van der Waals surface area contributed by atoms with Gasteiger partial charge in [0.05, 0.1) is 83.1 Å². The van der Waals surface area contributed by atoms with Crippen LogP contribution in [0, 0.1) is 0 Å². The van der Waals surface area contributed by atoms with Gasteiger partial charge in [-0.3, -0.25) is 52.7 Å². The van der Waals surface area contributed by atoms with E-state index in [1.165, 1.54) is 82.8 Å². The molecule has 0 aliphatic heterocycles. The molecule has 116 heavy (non-hydrogen) atoms. The Morgan fingerprint density at radius 3 is 1.33 bits per heavy atom. The predicted octanol–water partition coefficient (Wildman–Crippen LogP) is 2.71. The molecule has 0 saturated heterocycles. The normalized spacial score (nSPS) is 11.1. The third-order valence-corrected chi connectivity index (χ3v) is 16.6. The minimum atomic E-state index is -0.642. The summed E-state index contributed by atoms with van der Waals surface area (Å²) >= 11 is 0. The molecule has 7 aromatic heterocycles. The summed E-state index contributed by atoms with van der Waals surface area (Å²) in [5, 5.41) is 32.9. The second-order valence-corrected chi connectivity index (χ2v) is 27.1. The topological polar surface area (TPSA) is 531 Å². The van der Waals surface area contributed by atoms with Gasteiger partial charge in [-0.05, 0) is 63.8 Å². The molecule has 0 spiro atoms. The molecular weight excluding hydrogens is 1520 g/mol. The number of unbranched alkanes of at least 4 members (excludes halogenated alkanes) is 1. The fraction of sp³-hybridized carbons (Fsp3) is 0.500. The van der Waals surface area contributed by atoms with Crippen LogP contribution >= 0.6 is 0 Å². The molecule has 11 N–H and O–H groups in total. The Bertz CT molecular complexity index is 4590. The number of nitrogens with zero attached hydrogens (tertiary/aromatic N) is 15. The van der Waals surface area contributed by atoms with Crippen molar-refractivity contribution in [2.45, 2.75) is 71.3 Å². The summed E-state index contributed by atoms with van der Waals surface area (Å²) in [6.45, 7) is 9.78. The first-order chi connectivity index (χ1) is 55.4.